The van der Waals surface area contributed by atoms with E-state index in [-0.39, 0.29) is 37.0 Å². The summed E-state index contributed by atoms with van der Waals surface area (Å²) < 4.78 is 160. The van der Waals surface area contributed by atoms with Crippen LogP contribution in [0.4, 0.5) is 62.3 Å². The van der Waals surface area contributed by atoms with Crippen molar-refractivity contribution < 1.29 is 71.7 Å². The zero-order valence-electron chi connectivity index (χ0n) is 37.8. The molecule has 6 aliphatic rings. The van der Waals surface area contributed by atoms with Crippen LogP contribution < -0.4 is 5.32 Å². The predicted octanol–water partition coefficient (Wildman–Crippen LogP) is 9.23. The van der Waals surface area contributed by atoms with Gasteiger partial charge in [-0.3, -0.25) is 14.7 Å². The van der Waals surface area contributed by atoms with Gasteiger partial charge in [0.2, 0.25) is 0 Å². The standard InChI is InChI=1S/C24H31F6N3O2.C22H27F6N3O2/c1-2-31-10-6-17-4-3-5-18(19(17)15-31)14-32-11-7-22(16-32)8-12-33(13-9-22)21(34)35-20(23(25,26)27)24(28,29)30;23-21(24,25)18(22(26,27)28)33-19(32)31-10-6-20(7-11-31)5-9-30(14-20)13-16-3-1-2-15-4-8-29-12-17(15)16/h3-5,20H,2,6-16H2,1H3;1-3,18,29H,4-14H2. The van der Waals surface area contributed by atoms with Crippen LogP contribution in [0, 0.1) is 10.8 Å². The SMILES string of the molecule is CCN1CCc2cccc(CN3CCC4(CCN(C(=O)OC(C(F)(F)F)C(F)(F)F)CC4)C3)c2C1.O=C(OC(C(F)(F)F)C(F)(F)F)N1CCC2(CCN(Cc3cccc4c3CNCC4)C2)CC1. The molecule has 2 aromatic rings. The molecule has 4 fully saturated rings. The molecular formula is C46H58F12N6O4. The molecule has 8 rings (SSSR count). The minimum Gasteiger partial charge on any atom is -0.426 e. The smallest absolute Gasteiger partial charge is 0.426 e. The Hall–Kier alpha value is -4.02. The summed E-state index contributed by atoms with van der Waals surface area (Å²) in [6, 6.07) is 12.8. The van der Waals surface area contributed by atoms with E-state index in [2.05, 4.69) is 72.8 Å². The summed E-state index contributed by atoms with van der Waals surface area (Å²) in [6.07, 6.45) is -28.3. The molecule has 4 saturated heterocycles. The minimum absolute atomic E-state index is 0.0831. The zero-order chi connectivity index (χ0) is 49.3. The summed E-state index contributed by atoms with van der Waals surface area (Å²) in [5.74, 6) is 0. The first-order valence-electron chi connectivity index (χ1n) is 23.1. The summed E-state index contributed by atoms with van der Waals surface area (Å²) in [5.41, 5.74) is 7.90. The molecule has 10 nitrogen and oxygen atoms in total. The van der Waals surface area contributed by atoms with Gasteiger partial charge in [0, 0.05) is 72.0 Å². The molecule has 380 valence electrons. The van der Waals surface area contributed by atoms with E-state index in [0.29, 0.717) is 25.7 Å². The van der Waals surface area contributed by atoms with E-state index < -0.39 is 49.1 Å². The summed E-state index contributed by atoms with van der Waals surface area (Å²) in [4.78, 5) is 33.2. The normalized spacial score (nSPS) is 21.5. The van der Waals surface area contributed by atoms with Gasteiger partial charge in [-0.05, 0) is 122 Å². The Morgan fingerprint density at radius 1 is 0.574 bits per heavy atom. The number of benzene rings is 2. The second kappa shape index (κ2) is 20.4. The number of hydrogen-bond acceptors (Lipinski definition) is 8. The summed E-state index contributed by atoms with van der Waals surface area (Å²) in [7, 11) is 0. The Morgan fingerprint density at radius 2 is 0.985 bits per heavy atom. The number of piperidine rings is 2. The quantitative estimate of drug-likeness (QED) is 0.276. The van der Waals surface area contributed by atoms with Crippen molar-refractivity contribution in [2.45, 2.75) is 121 Å². The monoisotopic (exact) mass is 986 g/mol. The van der Waals surface area contributed by atoms with Gasteiger partial charge in [0.05, 0.1) is 0 Å². The molecule has 0 bridgehead atoms. The fourth-order valence-electron chi connectivity index (χ4n) is 10.8. The van der Waals surface area contributed by atoms with Gasteiger partial charge in [-0.1, -0.05) is 43.3 Å². The largest absolute Gasteiger partial charge is 0.434 e. The van der Waals surface area contributed by atoms with E-state index in [4.69, 9.17) is 0 Å². The molecular weight excluding hydrogens is 929 g/mol. The van der Waals surface area contributed by atoms with Crippen molar-refractivity contribution in [2.75, 3.05) is 72.0 Å². The summed E-state index contributed by atoms with van der Waals surface area (Å²) in [5, 5.41) is 3.40. The van der Waals surface area contributed by atoms with Crippen LogP contribution in [0.3, 0.4) is 0 Å². The Labute approximate surface area is 387 Å². The third-order valence-corrected chi connectivity index (χ3v) is 14.8. The number of ether oxygens (including phenoxy) is 2. The van der Waals surface area contributed by atoms with Crippen molar-refractivity contribution in [1.82, 2.24) is 29.8 Å². The minimum atomic E-state index is -5.71. The molecule has 0 unspecified atom stereocenters. The van der Waals surface area contributed by atoms with Gasteiger partial charge in [-0.15, -0.1) is 0 Å². The number of fused-ring (bicyclic) bond motifs is 2. The van der Waals surface area contributed by atoms with E-state index in [1.807, 2.05) is 0 Å². The number of halogens is 12. The summed E-state index contributed by atoms with van der Waals surface area (Å²) >= 11 is 0. The highest BCUT2D eigenvalue weighted by Crippen LogP contribution is 2.44. The van der Waals surface area contributed by atoms with Gasteiger partial charge >= 0.3 is 36.9 Å². The van der Waals surface area contributed by atoms with E-state index in [1.54, 1.807) is 0 Å². The van der Waals surface area contributed by atoms with Crippen LogP contribution >= 0.6 is 0 Å². The van der Waals surface area contributed by atoms with Crippen molar-refractivity contribution in [1.29, 1.82) is 0 Å². The van der Waals surface area contributed by atoms with E-state index in [1.165, 1.54) is 33.4 Å². The first-order valence-corrected chi connectivity index (χ1v) is 23.1. The van der Waals surface area contributed by atoms with Gasteiger partial charge < -0.3 is 24.6 Å². The number of likely N-dealkylation sites (N-methyl/N-ethyl adjacent to an activating group) is 1. The lowest BCUT2D eigenvalue weighted by molar-refractivity contribution is -0.309. The zero-order valence-corrected chi connectivity index (χ0v) is 37.8. The molecule has 0 saturated carbocycles. The van der Waals surface area contributed by atoms with Crippen molar-refractivity contribution in [3.63, 3.8) is 0 Å². The van der Waals surface area contributed by atoms with Crippen LogP contribution in [0.15, 0.2) is 36.4 Å². The number of carbonyl (C=O) groups excluding carboxylic acids is 2. The molecule has 1 N–H and O–H groups in total. The lowest BCUT2D eigenvalue weighted by Crippen LogP contribution is -2.50. The van der Waals surface area contributed by atoms with Crippen LogP contribution in [0.25, 0.3) is 0 Å². The van der Waals surface area contributed by atoms with Crippen molar-refractivity contribution in [3.8, 4) is 0 Å². The summed E-state index contributed by atoms with van der Waals surface area (Å²) in [6.45, 7) is 12.3. The van der Waals surface area contributed by atoms with Crippen molar-refractivity contribution in [3.05, 3.63) is 69.8 Å². The number of nitrogens with one attached hydrogen (secondary N) is 1. The van der Waals surface area contributed by atoms with Crippen LogP contribution in [0.1, 0.15) is 78.8 Å². The van der Waals surface area contributed by atoms with E-state index >= 15 is 0 Å². The second-order valence-electron chi connectivity index (χ2n) is 19.2. The fourth-order valence-corrected chi connectivity index (χ4v) is 10.8. The highest BCUT2D eigenvalue weighted by molar-refractivity contribution is 5.68. The maximum absolute atomic E-state index is 12.7. The third-order valence-electron chi connectivity index (χ3n) is 14.8. The molecule has 22 heteroatoms. The van der Waals surface area contributed by atoms with Crippen molar-refractivity contribution >= 4 is 12.2 Å². The molecule has 2 aromatic carbocycles. The number of carbonyl (C=O) groups is 2. The van der Waals surface area contributed by atoms with Crippen LogP contribution in [-0.2, 0) is 48.5 Å². The highest BCUT2D eigenvalue weighted by atomic mass is 19.4. The number of amides is 2. The Balaban J connectivity index is 0.000000202. The maximum Gasteiger partial charge on any atom is 0.434 e. The van der Waals surface area contributed by atoms with Crippen molar-refractivity contribution in [2.24, 2.45) is 10.8 Å². The molecule has 0 radical (unpaired) electrons. The predicted molar refractivity (Wildman–Crippen MR) is 224 cm³/mol. The van der Waals surface area contributed by atoms with Crippen LogP contribution in [0.2, 0.25) is 0 Å². The average Bonchev–Trinajstić information content (AvgIpc) is 3.86. The van der Waals surface area contributed by atoms with Gasteiger partial charge in [0.25, 0.3) is 12.2 Å². The number of alkyl halides is 12. The Morgan fingerprint density at radius 3 is 1.41 bits per heavy atom. The lowest BCUT2D eigenvalue weighted by atomic mass is 9.78. The Kier molecular flexibility index (Phi) is 15.5. The van der Waals surface area contributed by atoms with Gasteiger partial charge in [-0.25, -0.2) is 9.59 Å². The van der Waals surface area contributed by atoms with Gasteiger partial charge in [0.1, 0.15) is 0 Å². The number of hydrogen-bond donors (Lipinski definition) is 1. The second-order valence-corrected chi connectivity index (χ2v) is 19.2. The van der Waals surface area contributed by atoms with Gasteiger partial charge in [0.15, 0.2) is 0 Å². The first kappa shape index (κ1) is 51.8. The number of rotatable bonds is 7. The third kappa shape index (κ3) is 12.5. The lowest BCUT2D eigenvalue weighted by Gasteiger charge is -2.39. The topological polar surface area (TPSA) is 80.8 Å². The molecule has 6 aliphatic heterocycles. The van der Waals surface area contributed by atoms with E-state index in [0.717, 1.165) is 107 Å². The van der Waals surface area contributed by atoms with E-state index in [9.17, 15) is 62.3 Å². The van der Waals surface area contributed by atoms with Crippen LogP contribution in [0.5, 0.6) is 0 Å². The van der Waals surface area contributed by atoms with Crippen LogP contribution in [-0.4, -0.2) is 146 Å². The molecule has 0 aliphatic carbocycles. The Bertz CT molecular complexity index is 2040. The fraction of sp³-hybridized carbons (Fsp3) is 0.696. The highest BCUT2D eigenvalue weighted by Gasteiger charge is 2.61. The molecule has 2 spiro atoms. The number of likely N-dealkylation sites (tertiary alicyclic amines) is 4. The first-order chi connectivity index (χ1) is 31.9. The molecule has 6 heterocycles. The maximum atomic E-state index is 12.7. The number of nitrogens with zero attached hydrogens (tertiary/aromatic N) is 5. The molecule has 68 heavy (non-hydrogen) atoms. The molecule has 0 aromatic heterocycles. The molecule has 0 atom stereocenters. The average molecular weight is 987 g/mol. The molecule has 2 amide bonds. The van der Waals surface area contributed by atoms with Gasteiger partial charge in [-0.2, -0.15) is 52.7 Å².